The highest BCUT2D eigenvalue weighted by Crippen LogP contribution is 2.23. The van der Waals surface area contributed by atoms with Crippen LogP contribution in [0.3, 0.4) is 0 Å². The zero-order chi connectivity index (χ0) is 12.9. The van der Waals surface area contributed by atoms with Crippen LogP contribution in [0.4, 0.5) is 0 Å². The fraction of sp³-hybridized carbons (Fsp3) is 0.571. The van der Waals surface area contributed by atoms with Crippen LogP contribution in [0.25, 0.3) is 0 Å². The Bertz CT molecular complexity index is 350. The molecule has 0 bridgehead atoms. The van der Waals surface area contributed by atoms with E-state index in [-0.39, 0.29) is 6.04 Å². The molecule has 0 radical (unpaired) electrons. The van der Waals surface area contributed by atoms with Gasteiger partial charge in [-0.05, 0) is 31.4 Å². The van der Waals surface area contributed by atoms with Crippen molar-refractivity contribution >= 4 is 15.9 Å². The Labute approximate surface area is 113 Å². The van der Waals surface area contributed by atoms with Crippen LogP contribution in [0.1, 0.15) is 45.2 Å². The van der Waals surface area contributed by atoms with Gasteiger partial charge in [-0.25, -0.2) is 0 Å². The first-order chi connectivity index (χ1) is 8.02. The van der Waals surface area contributed by atoms with Crippen LogP contribution in [0.2, 0.25) is 0 Å². The molecule has 1 rings (SSSR count). The molecule has 0 unspecified atom stereocenters. The Hall–Kier alpha value is -0.380. The van der Waals surface area contributed by atoms with E-state index in [0.29, 0.717) is 6.54 Å². The summed E-state index contributed by atoms with van der Waals surface area (Å²) in [6.45, 7) is 6.79. The summed E-state index contributed by atoms with van der Waals surface area (Å²) in [5, 5.41) is 13.6. The lowest BCUT2D eigenvalue weighted by Gasteiger charge is -2.28. The predicted octanol–water partition coefficient (Wildman–Crippen LogP) is 3.65. The molecule has 2 N–H and O–H groups in total. The number of benzene rings is 1. The van der Waals surface area contributed by atoms with Crippen LogP contribution in [0, 0.1) is 0 Å². The number of nitrogens with one attached hydrogen (secondary N) is 1. The summed E-state index contributed by atoms with van der Waals surface area (Å²) >= 11 is 3.55. The van der Waals surface area contributed by atoms with Crippen LogP contribution in [-0.4, -0.2) is 17.3 Å². The summed E-state index contributed by atoms with van der Waals surface area (Å²) in [4.78, 5) is 0. The van der Waals surface area contributed by atoms with E-state index in [9.17, 15) is 5.11 Å². The molecule has 0 spiro atoms. The van der Waals surface area contributed by atoms with Gasteiger partial charge in [-0.3, -0.25) is 0 Å². The Morgan fingerprint density at radius 1 is 1.29 bits per heavy atom. The highest BCUT2D eigenvalue weighted by Gasteiger charge is 2.22. The summed E-state index contributed by atoms with van der Waals surface area (Å²) in [5.74, 6) is 0. The summed E-state index contributed by atoms with van der Waals surface area (Å²) in [6, 6.07) is 8.41. The molecule has 0 aliphatic heterocycles. The van der Waals surface area contributed by atoms with Crippen LogP contribution >= 0.6 is 15.9 Å². The van der Waals surface area contributed by atoms with E-state index in [1.165, 1.54) is 5.56 Å². The van der Waals surface area contributed by atoms with E-state index in [1.54, 1.807) is 0 Å². The van der Waals surface area contributed by atoms with Gasteiger partial charge in [0.25, 0.3) is 0 Å². The molecule has 96 valence electrons. The smallest absolute Gasteiger partial charge is 0.0766 e. The molecule has 0 aliphatic carbocycles. The van der Waals surface area contributed by atoms with Crippen molar-refractivity contribution in [3.05, 3.63) is 34.3 Å². The molecule has 0 saturated carbocycles. The van der Waals surface area contributed by atoms with Gasteiger partial charge < -0.3 is 10.4 Å². The molecule has 1 aromatic rings. The van der Waals surface area contributed by atoms with E-state index in [2.05, 4.69) is 34.2 Å². The average molecular weight is 300 g/mol. The number of hydrogen-bond donors (Lipinski definition) is 2. The molecule has 1 atom stereocenters. The average Bonchev–Trinajstić information content (AvgIpc) is 2.36. The van der Waals surface area contributed by atoms with Gasteiger partial charge >= 0.3 is 0 Å². The van der Waals surface area contributed by atoms with Crippen molar-refractivity contribution in [2.45, 2.75) is 45.3 Å². The zero-order valence-corrected chi connectivity index (χ0v) is 12.4. The standard InChI is InChI=1S/C14H22BrNO/c1-4-14(17,5-2)10-16-11(3)12-8-6-7-9-13(12)15/h6-9,11,16-17H,4-5,10H2,1-3H3/t11-/m1/s1. The number of halogens is 1. The van der Waals surface area contributed by atoms with Crippen molar-refractivity contribution in [3.63, 3.8) is 0 Å². The fourth-order valence-corrected chi connectivity index (χ4v) is 2.41. The maximum absolute atomic E-state index is 10.2. The molecule has 0 aliphatic rings. The van der Waals surface area contributed by atoms with Crippen LogP contribution in [0.15, 0.2) is 28.7 Å². The second-order valence-corrected chi connectivity index (χ2v) is 5.41. The van der Waals surface area contributed by atoms with Crippen LogP contribution in [-0.2, 0) is 0 Å². The summed E-state index contributed by atoms with van der Waals surface area (Å²) in [5.41, 5.74) is 0.636. The van der Waals surface area contributed by atoms with Crippen molar-refractivity contribution in [1.82, 2.24) is 5.32 Å². The molecular formula is C14H22BrNO. The van der Waals surface area contributed by atoms with Gasteiger partial charge in [0.2, 0.25) is 0 Å². The lowest BCUT2D eigenvalue weighted by Crippen LogP contribution is -2.40. The Balaban J connectivity index is 2.62. The van der Waals surface area contributed by atoms with Gasteiger partial charge in [0.05, 0.1) is 5.60 Å². The Morgan fingerprint density at radius 3 is 2.41 bits per heavy atom. The SMILES string of the molecule is CCC(O)(CC)CN[C@H](C)c1ccccc1Br. The molecule has 2 nitrogen and oxygen atoms in total. The lowest BCUT2D eigenvalue weighted by atomic mass is 9.96. The number of rotatable bonds is 6. The molecular weight excluding hydrogens is 278 g/mol. The Kier molecular flexibility index (Phi) is 5.63. The van der Waals surface area contributed by atoms with Gasteiger partial charge in [-0.2, -0.15) is 0 Å². The molecule has 3 heteroatoms. The Morgan fingerprint density at radius 2 is 1.88 bits per heavy atom. The number of hydrogen-bond acceptors (Lipinski definition) is 2. The molecule has 1 aromatic carbocycles. The second-order valence-electron chi connectivity index (χ2n) is 4.56. The van der Waals surface area contributed by atoms with E-state index < -0.39 is 5.60 Å². The minimum absolute atomic E-state index is 0.232. The van der Waals surface area contributed by atoms with Gasteiger partial charge in [0.15, 0.2) is 0 Å². The molecule has 0 heterocycles. The minimum atomic E-state index is -0.588. The highest BCUT2D eigenvalue weighted by atomic mass is 79.9. The van der Waals surface area contributed by atoms with Gasteiger partial charge in [0, 0.05) is 17.1 Å². The van der Waals surface area contributed by atoms with Crippen molar-refractivity contribution in [3.8, 4) is 0 Å². The number of aliphatic hydroxyl groups is 1. The monoisotopic (exact) mass is 299 g/mol. The lowest BCUT2D eigenvalue weighted by molar-refractivity contribution is 0.0303. The van der Waals surface area contributed by atoms with E-state index in [0.717, 1.165) is 17.3 Å². The minimum Gasteiger partial charge on any atom is -0.389 e. The summed E-state index contributed by atoms with van der Waals surface area (Å²) in [6.07, 6.45) is 1.55. The highest BCUT2D eigenvalue weighted by molar-refractivity contribution is 9.10. The maximum atomic E-state index is 10.2. The zero-order valence-electron chi connectivity index (χ0n) is 10.8. The first kappa shape index (κ1) is 14.7. The van der Waals surface area contributed by atoms with Crippen molar-refractivity contribution < 1.29 is 5.11 Å². The van der Waals surface area contributed by atoms with Gasteiger partial charge in [-0.1, -0.05) is 48.0 Å². The predicted molar refractivity (Wildman–Crippen MR) is 76.1 cm³/mol. The van der Waals surface area contributed by atoms with Crippen LogP contribution in [0.5, 0.6) is 0 Å². The van der Waals surface area contributed by atoms with Gasteiger partial charge in [0.1, 0.15) is 0 Å². The third-order valence-corrected chi connectivity index (χ3v) is 4.15. The largest absolute Gasteiger partial charge is 0.389 e. The van der Waals surface area contributed by atoms with Crippen LogP contribution < -0.4 is 5.32 Å². The van der Waals surface area contributed by atoms with E-state index in [1.807, 2.05) is 32.0 Å². The second kappa shape index (κ2) is 6.53. The van der Waals surface area contributed by atoms with Crippen molar-refractivity contribution in [1.29, 1.82) is 0 Å². The molecule has 0 fully saturated rings. The fourth-order valence-electron chi connectivity index (χ4n) is 1.78. The van der Waals surface area contributed by atoms with E-state index >= 15 is 0 Å². The molecule has 17 heavy (non-hydrogen) atoms. The maximum Gasteiger partial charge on any atom is 0.0766 e. The molecule has 0 amide bonds. The summed E-state index contributed by atoms with van der Waals surface area (Å²) in [7, 11) is 0. The van der Waals surface area contributed by atoms with Gasteiger partial charge in [-0.15, -0.1) is 0 Å². The van der Waals surface area contributed by atoms with Crippen molar-refractivity contribution in [2.24, 2.45) is 0 Å². The molecule has 0 aromatic heterocycles. The van der Waals surface area contributed by atoms with Crippen molar-refractivity contribution in [2.75, 3.05) is 6.54 Å². The first-order valence-electron chi connectivity index (χ1n) is 6.22. The van der Waals surface area contributed by atoms with E-state index in [4.69, 9.17) is 0 Å². The normalized spacial score (nSPS) is 13.7. The first-order valence-corrected chi connectivity index (χ1v) is 7.02. The molecule has 0 saturated heterocycles. The topological polar surface area (TPSA) is 32.3 Å². The third-order valence-electron chi connectivity index (χ3n) is 3.43. The third kappa shape index (κ3) is 4.09. The summed E-state index contributed by atoms with van der Waals surface area (Å²) < 4.78 is 1.11. The quantitative estimate of drug-likeness (QED) is 0.840.